The summed E-state index contributed by atoms with van der Waals surface area (Å²) in [5.74, 6) is 0.363. The van der Waals surface area contributed by atoms with E-state index in [1.54, 1.807) is 42.5 Å². The number of ether oxygens (including phenoxy) is 2. The standard InChI is InChI=1S/C17H18N2O4/c1-2-22-15-5-3-4-13(10-15)19-16(20)11-23-14-8-6-12(7-9-14)17(18)21/h3-10H,2,11H2,1H3,(H2,18,21)(H,19,20). The quantitative estimate of drug-likeness (QED) is 0.819. The van der Waals surface area contributed by atoms with Crippen LogP contribution in [0.5, 0.6) is 11.5 Å². The maximum absolute atomic E-state index is 11.9. The summed E-state index contributed by atoms with van der Waals surface area (Å²) < 4.78 is 10.7. The van der Waals surface area contributed by atoms with Crippen molar-refractivity contribution < 1.29 is 19.1 Å². The molecule has 2 aromatic rings. The van der Waals surface area contributed by atoms with Crippen LogP contribution in [0.1, 0.15) is 17.3 Å². The molecule has 0 aliphatic rings. The van der Waals surface area contributed by atoms with Crippen molar-refractivity contribution in [2.45, 2.75) is 6.92 Å². The average molecular weight is 314 g/mol. The van der Waals surface area contributed by atoms with E-state index in [4.69, 9.17) is 15.2 Å². The molecule has 0 aliphatic heterocycles. The monoisotopic (exact) mass is 314 g/mol. The summed E-state index contributed by atoms with van der Waals surface area (Å²) in [7, 11) is 0. The molecule has 6 nitrogen and oxygen atoms in total. The van der Waals surface area contributed by atoms with E-state index in [0.717, 1.165) is 0 Å². The predicted octanol–water partition coefficient (Wildman–Crippen LogP) is 2.20. The van der Waals surface area contributed by atoms with Gasteiger partial charge in [0.05, 0.1) is 6.61 Å². The molecule has 0 saturated carbocycles. The maximum atomic E-state index is 11.9. The van der Waals surface area contributed by atoms with Crippen molar-refractivity contribution in [1.29, 1.82) is 0 Å². The minimum atomic E-state index is -0.511. The highest BCUT2D eigenvalue weighted by atomic mass is 16.5. The molecule has 0 heterocycles. The van der Waals surface area contributed by atoms with Crippen LogP contribution in [0.15, 0.2) is 48.5 Å². The van der Waals surface area contributed by atoms with Gasteiger partial charge in [-0.1, -0.05) is 6.07 Å². The Hall–Kier alpha value is -3.02. The highest BCUT2D eigenvalue weighted by molar-refractivity contribution is 5.93. The van der Waals surface area contributed by atoms with Crippen LogP contribution in [-0.2, 0) is 4.79 Å². The van der Waals surface area contributed by atoms with Crippen LogP contribution in [0, 0.1) is 0 Å². The number of anilines is 1. The van der Waals surface area contributed by atoms with Gasteiger partial charge in [0.15, 0.2) is 6.61 Å². The fourth-order valence-electron chi connectivity index (χ4n) is 1.89. The van der Waals surface area contributed by atoms with Gasteiger partial charge in [-0.05, 0) is 43.3 Å². The first kappa shape index (κ1) is 16.4. The van der Waals surface area contributed by atoms with Crippen LogP contribution in [0.3, 0.4) is 0 Å². The Balaban J connectivity index is 1.87. The van der Waals surface area contributed by atoms with Crippen molar-refractivity contribution in [2.75, 3.05) is 18.5 Å². The zero-order chi connectivity index (χ0) is 16.7. The lowest BCUT2D eigenvalue weighted by Gasteiger charge is -2.09. The fraction of sp³-hybridized carbons (Fsp3) is 0.176. The minimum absolute atomic E-state index is 0.144. The van der Waals surface area contributed by atoms with E-state index in [-0.39, 0.29) is 12.5 Å². The van der Waals surface area contributed by atoms with E-state index in [9.17, 15) is 9.59 Å². The Morgan fingerprint density at radius 1 is 1.04 bits per heavy atom. The normalized spacial score (nSPS) is 9.96. The van der Waals surface area contributed by atoms with Gasteiger partial charge < -0.3 is 20.5 Å². The Kier molecular flexibility index (Phi) is 5.57. The van der Waals surface area contributed by atoms with Crippen LogP contribution in [0.4, 0.5) is 5.69 Å². The second kappa shape index (κ2) is 7.84. The van der Waals surface area contributed by atoms with Gasteiger partial charge in [-0.15, -0.1) is 0 Å². The molecule has 2 amide bonds. The molecule has 0 aliphatic carbocycles. The number of carbonyl (C=O) groups is 2. The summed E-state index contributed by atoms with van der Waals surface area (Å²) >= 11 is 0. The van der Waals surface area contributed by atoms with E-state index >= 15 is 0 Å². The molecule has 0 bridgehead atoms. The molecular formula is C17H18N2O4. The Morgan fingerprint density at radius 2 is 1.78 bits per heavy atom. The fourth-order valence-corrected chi connectivity index (χ4v) is 1.89. The second-order valence-electron chi connectivity index (χ2n) is 4.69. The average Bonchev–Trinajstić information content (AvgIpc) is 2.54. The number of nitrogens with two attached hydrogens (primary N) is 1. The Morgan fingerprint density at radius 3 is 2.43 bits per heavy atom. The zero-order valence-corrected chi connectivity index (χ0v) is 12.7. The Labute approximate surface area is 134 Å². The number of amides is 2. The molecule has 6 heteroatoms. The molecule has 0 unspecified atom stereocenters. The van der Waals surface area contributed by atoms with Crippen molar-refractivity contribution in [2.24, 2.45) is 5.73 Å². The molecule has 0 radical (unpaired) electrons. The molecule has 0 spiro atoms. The number of hydrogen-bond donors (Lipinski definition) is 2. The molecule has 120 valence electrons. The van der Waals surface area contributed by atoms with Gasteiger partial charge >= 0.3 is 0 Å². The van der Waals surface area contributed by atoms with Crippen molar-refractivity contribution in [3.8, 4) is 11.5 Å². The predicted molar refractivity (Wildman–Crippen MR) is 86.7 cm³/mol. The smallest absolute Gasteiger partial charge is 0.262 e. The number of rotatable bonds is 7. The van der Waals surface area contributed by atoms with E-state index in [2.05, 4.69) is 5.32 Å². The van der Waals surface area contributed by atoms with Crippen LogP contribution in [-0.4, -0.2) is 25.0 Å². The number of benzene rings is 2. The van der Waals surface area contributed by atoms with Crippen molar-refractivity contribution in [1.82, 2.24) is 0 Å². The third-order valence-corrected chi connectivity index (χ3v) is 2.94. The summed E-state index contributed by atoms with van der Waals surface area (Å²) in [5.41, 5.74) is 6.17. The molecule has 0 fully saturated rings. The molecule has 23 heavy (non-hydrogen) atoms. The van der Waals surface area contributed by atoms with Gasteiger partial charge in [-0.25, -0.2) is 0 Å². The Bertz CT molecular complexity index is 683. The van der Waals surface area contributed by atoms with Crippen molar-refractivity contribution in [3.05, 3.63) is 54.1 Å². The third-order valence-electron chi connectivity index (χ3n) is 2.94. The van der Waals surface area contributed by atoms with E-state index in [1.807, 2.05) is 13.0 Å². The van der Waals surface area contributed by atoms with Crippen LogP contribution in [0.2, 0.25) is 0 Å². The summed E-state index contributed by atoms with van der Waals surface area (Å²) in [6.07, 6.45) is 0. The minimum Gasteiger partial charge on any atom is -0.494 e. The first-order valence-corrected chi connectivity index (χ1v) is 7.14. The molecular weight excluding hydrogens is 296 g/mol. The lowest BCUT2D eigenvalue weighted by Crippen LogP contribution is -2.20. The van der Waals surface area contributed by atoms with Crippen LogP contribution >= 0.6 is 0 Å². The van der Waals surface area contributed by atoms with Crippen LogP contribution in [0.25, 0.3) is 0 Å². The highest BCUT2D eigenvalue weighted by Crippen LogP contribution is 2.17. The van der Waals surface area contributed by atoms with Crippen LogP contribution < -0.4 is 20.5 Å². The van der Waals surface area contributed by atoms with E-state index < -0.39 is 5.91 Å². The van der Waals surface area contributed by atoms with Gasteiger partial charge in [0.1, 0.15) is 11.5 Å². The van der Waals surface area contributed by atoms with Gasteiger partial charge in [-0.3, -0.25) is 9.59 Å². The summed E-state index contributed by atoms with van der Waals surface area (Å²) in [4.78, 5) is 22.8. The second-order valence-corrected chi connectivity index (χ2v) is 4.69. The maximum Gasteiger partial charge on any atom is 0.262 e. The largest absolute Gasteiger partial charge is 0.494 e. The molecule has 2 aromatic carbocycles. The summed E-state index contributed by atoms with van der Waals surface area (Å²) in [6.45, 7) is 2.30. The van der Waals surface area contributed by atoms with Crippen molar-refractivity contribution in [3.63, 3.8) is 0 Å². The van der Waals surface area contributed by atoms with Gasteiger partial charge in [-0.2, -0.15) is 0 Å². The molecule has 3 N–H and O–H groups in total. The first-order chi connectivity index (χ1) is 11.1. The van der Waals surface area contributed by atoms with E-state index in [1.165, 1.54) is 0 Å². The molecule has 0 atom stereocenters. The number of nitrogens with one attached hydrogen (secondary N) is 1. The molecule has 2 rings (SSSR count). The topological polar surface area (TPSA) is 90.7 Å². The zero-order valence-electron chi connectivity index (χ0n) is 12.7. The number of carbonyl (C=O) groups excluding carboxylic acids is 2. The lowest BCUT2D eigenvalue weighted by molar-refractivity contribution is -0.118. The summed E-state index contributed by atoms with van der Waals surface area (Å²) in [5, 5.41) is 2.72. The highest BCUT2D eigenvalue weighted by Gasteiger charge is 2.06. The molecule has 0 aromatic heterocycles. The lowest BCUT2D eigenvalue weighted by atomic mass is 10.2. The van der Waals surface area contributed by atoms with E-state index in [0.29, 0.717) is 29.4 Å². The van der Waals surface area contributed by atoms with Gasteiger partial charge in [0.2, 0.25) is 5.91 Å². The number of hydrogen-bond acceptors (Lipinski definition) is 4. The van der Waals surface area contributed by atoms with Crippen molar-refractivity contribution >= 4 is 17.5 Å². The van der Waals surface area contributed by atoms with Gasteiger partial charge in [0.25, 0.3) is 5.91 Å². The third kappa shape index (κ3) is 5.03. The molecule has 0 saturated heterocycles. The van der Waals surface area contributed by atoms with Gasteiger partial charge in [0, 0.05) is 17.3 Å². The first-order valence-electron chi connectivity index (χ1n) is 7.14. The number of primary amides is 1. The SMILES string of the molecule is CCOc1cccc(NC(=O)COc2ccc(C(N)=O)cc2)c1. The summed E-state index contributed by atoms with van der Waals surface area (Å²) in [6, 6.07) is 13.4.